The maximum atomic E-state index is 13.6. The van der Waals surface area contributed by atoms with E-state index in [9.17, 15) is 18.0 Å². The van der Waals surface area contributed by atoms with E-state index in [1.165, 1.54) is 109 Å². The topological polar surface area (TPSA) is 61.4 Å². The van der Waals surface area contributed by atoms with Crippen LogP contribution in [0.1, 0.15) is 183 Å². The van der Waals surface area contributed by atoms with Crippen LogP contribution in [0.4, 0.5) is 18.9 Å². The quantitative estimate of drug-likeness (QED) is 0.207. The number of carbonyl (C=O) groups is 1. The third-order valence-corrected chi connectivity index (χ3v) is 16.4. The number of hydrogen-bond acceptors (Lipinski definition) is 4. The molecule has 5 aliphatic carbocycles. The van der Waals surface area contributed by atoms with Gasteiger partial charge in [-0.15, -0.1) is 0 Å². The van der Waals surface area contributed by atoms with E-state index in [0.29, 0.717) is 40.8 Å². The predicted molar refractivity (Wildman–Crippen MR) is 223 cm³/mol. The molecule has 0 heterocycles. The first-order chi connectivity index (χ1) is 25.8. The number of hydrogen-bond donors (Lipinski definition) is 3. The molecule has 0 bridgehead atoms. The van der Waals surface area contributed by atoms with E-state index in [2.05, 4.69) is 44.7 Å². The second kappa shape index (κ2) is 21.4. The Morgan fingerprint density at radius 1 is 0.833 bits per heavy atom. The maximum absolute atomic E-state index is 13.6. The fraction of sp³-hybridized carbons (Fsp3) is 0.848. The molecule has 54 heavy (non-hydrogen) atoms. The summed E-state index contributed by atoms with van der Waals surface area (Å²) in [6, 6.07) is 4.17. The van der Waals surface area contributed by atoms with Gasteiger partial charge >= 0.3 is 6.18 Å². The largest absolute Gasteiger partial charge is 0.417 e. The van der Waals surface area contributed by atoms with Crippen LogP contribution in [-0.4, -0.2) is 24.7 Å². The molecule has 1 amide bonds. The molecule has 1 aromatic rings. The number of anilines is 1. The Hall–Kier alpha value is -1.41. The molecule has 6 rings (SSSR count). The van der Waals surface area contributed by atoms with Gasteiger partial charge < -0.3 is 10.4 Å². The number of amides is 1. The van der Waals surface area contributed by atoms with Gasteiger partial charge in [-0.3, -0.25) is 9.52 Å². The third kappa shape index (κ3) is 11.0. The molecule has 4 nitrogen and oxygen atoms in total. The van der Waals surface area contributed by atoms with E-state index in [0.717, 1.165) is 67.6 Å². The van der Waals surface area contributed by atoms with Crippen molar-refractivity contribution >= 4 is 23.5 Å². The van der Waals surface area contributed by atoms with Gasteiger partial charge in [-0.05, 0) is 166 Å². The van der Waals surface area contributed by atoms with Gasteiger partial charge in [-0.1, -0.05) is 87.0 Å². The fourth-order valence-electron chi connectivity index (χ4n) is 12.3. The second-order valence-electron chi connectivity index (χ2n) is 17.8. The van der Waals surface area contributed by atoms with E-state index >= 15 is 0 Å². The van der Waals surface area contributed by atoms with Crippen LogP contribution in [0, 0.1) is 51.8 Å². The SMILES string of the molecule is CC.CCC1CCCCC1(C)CC.CCNc1ccc(SNC(=O)CCCC2CCC3C4CCC5CCCCC5(C)C4CCC23C)c(C(F)(F)F)c1.CO. The molecule has 8 heteroatoms. The smallest absolute Gasteiger partial charge is 0.400 e. The lowest BCUT2D eigenvalue weighted by atomic mass is 9.45. The summed E-state index contributed by atoms with van der Waals surface area (Å²) in [6.45, 7) is 18.8. The van der Waals surface area contributed by atoms with Gasteiger partial charge in [0, 0.05) is 30.7 Å². The molecule has 5 aliphatic rings. The lowest BCUT2D eigenvalue weighted by Crippen LogP contribution is -2.52. The third-order valence-electron chi connectivity index (χ3n) is 15.5. The van der Waals surface area contributed by atoms with Crippen LogP contribution in [0.25, 0.3) is 0 Å². The molecule has 5 fully saturated rings. The standard InChI is InChI=1S/C32H47F3N2OS.C11H22.C2H6.CH4O/c1-4-36-23-13-16-28(27(20-23)32(33,34)35)39-37-29(38)10-7-9-22-12-15-25-24-14-11-21-8-5-6-18-30(21,2)26(24)17-19-31(22,25)3;1-4-10-8-6-7-9-11(10,3)5-2;2*1-2/h13,16,20-22,24-26,36H,4-12,14-15,17-19H2,1-3H3,(H,37,38);10H,4-9H2,1-3H3;1-2H3;2H,1H3. The van der Waals surface area contributed by atoms with Gasteiger partial charge in [0.05, 0.1) is 5.56 Å². The van der Waals surface area contributed by atoms with Crippen LogP contribution < -0.4 is 10.0 Å². The summed E-state index contributed by atoms with van der Waals surface area (Å²) in [5, 5.41) is 9.92. The van der Waals surface area contributed by atoms with Crippen molar-refractivity contribution in [2.75, 3.05) is 19.0 Å². The Labute approximate surface area is 333 Å². The van der Waals surface area contributed by atoms with Crippen molar-refractivity contribution in [3.05, 3.63) is 23.8 Å². The first-order valence-corrected chi connectivity index (χ1v) is 23.0. The van der Waals surface area contributed by atoms with Gasteiger partial charge in [0.2, 0.25) is 5.91 Å². The molecule has 0 radical (unpaired) electrons. The lowest BCUT2D eigenvalue weighted by Gasteiger charge is -2.60. The Bertz CT molecular complexity index is 1280. The van der Waals surface area contributed by atoms with E-state index in [-0.39, 0.29) is 10.8 Å². The highest BCUT2D eigenvalue weighted by Crippen LogP contribution is 2.68. The van der Waals surface area contributed by atoms with Gasteiger partial charge in [0.25, 0.3) is 0 Å². The van der Waals surface area contributed by atoms with Crippen molar-refractivity contribution in [1.29, 1.82) is 0 Å². The molecule has 1 aromatic carbocycles. The number of rotatable bonds is 10. The first-order valence-electron chi connectivity index (χ1n) is 22.1. The van der Waals surface area contributed by atoms with Crippen LogP contribution >= 0.6 is 11.9 Å². The molecule has 0 aliphatic heterocycles. The molecule has 0 spiro atoms. The zero-order chi connectivity index (χ0) is 40.2. The molecule has 9 atom stereocenters. The minimum atomic E-state index is -4.47. The molecule has 0 aromatic heterocycles. The minimum absolute atomic E-state index is 0.0294. The van der Waals surface area contributed by atoms with Gasteiger partial charge in [-0.2, -0.15) is 13.2 Å². The van der Waals surface area contributed by atoms with Crippen LogP contribution in [-0.2, 0) is 11.0 Å². The fourth-order valence-corrected chi connectivity index (χ4v) is 13.1. The summed E-state index contributed by atoms with van der Waals surface area (Å²) in [6.07, 6.45) is 20.3. The van der Waals surface area contributed by atoms with Gasteiger partial charge in [-0.25, -0.2) is 0 Å². The van der Waals surface area contributed by atoms with Crippen molar-refractivity contribution in [3.8, 4) is 0 Å². The number of carbonyl (C=O) groups excluding carboxylic acids is 1. The van der Waals surface area contributed by atoms with Crippen molar-refractivity contribution in [1.82, 2.24) is 4.72 Å². The summed E-state index contributed by atoms with van der Waals surface area (Å²) >= 11 is 0.783. The number of nitrogens with one attached hydrogen (secondary N) is 2. The Balaban J connectivity index is 0.000000443. The summed E-state index contributed by atoms with van der Waals surface area (Å²) in [5.74, 6) is 5.06. The highest BCUT2D eigenvalue weighted by Gasteiger charge is 2.59. The van der Waals surface area contributed by atoms with Crippen LogP contribution in [0.3, 0.4) is 0 Å². The Kier molecular flexibility index (Phi) is 18.6. The average Bonchev–Trinajstić information content (AvgIpc) is 3.51. The normalized spacial score (nSPS) is 34.2. The minimum Gasteiger partial charge on any atom is -0.400 e. The van der Waals surface area contributed by atoms with Gasteiger partial charge in [0.1, 0.15) is 0 Å². The molecule has 312 valence electrons. The van der Waals surface area contributed by atoms with Crippen molar-refractivity contribution < 1.29 is 23.1 Å². The van der Waals surface area contributed by atoms with Gasteiger partial charge in [0.15, 0.2) is 0 Å². The number of aliphatic hydroxyl groups excluding tert-OH is 1. The molecular formula is C46H79F3N2O2S. The summed E-state index contributed by atoms with van der Waals surface area (Å²) in [7, 11) is 1.00. The molecule has 0 saturated heterocycles. The summed E-state index contributed by atoms with van der Waals surface area (Å²) in [4.78, 5) is 12.6. The second-order valence-corrected chi connectivity index (χ2v) is 18.7. The molecular weight excluding hydrogens is 702 g/mol. The first kappa shape index (κ1) is 47.0. The highest BCUT2D eigenvalue weighted by atomic mass is 32.2. The number of halogens is 3. The molecule has 5 saturated carbocycles. The Morgan fingerprint density at radius 2 is 1.52 bits per heavy atom. The highest BCUT2D eigenvalue weighted by molar-refractivity contribution is 7.98. The zero-order valence-electron chi connectivity index (χ0n) is 35.7. The predicted octanol–water partition coefficient (Wildman–Crippen LogP) is 14.1. The van der Waals surface area contributed by atoms with Crippen molar-refractivity contribution in [3.63, 3.8) is 0 Å². The Morgan fingerprint density at radius 3 is 2.17 bits per heavy atom. The van der Waals surface area contributed by atoms with Crippen molar-refractivity contribution in [2.45, 2.75) is 188 Å². The monoisotopic (exact) mass is 781 g/mol. The summed E-state index contributed by atoms with van der Waals surface area (Å²) < 4.78 is 43.5. The average molecular weight is 781 g/mol. The summed E-state index contributed by atoms with van der Waals surface area (Å²) in [5.41, 5.74) is 1.35. The zero-order valence-corrected chi connectivity index (χ0v) is 36.6. The maximum Gasteiger partial charge on any atom is 0.417 e. The lowest BCUT2D eigenvalue weighted by molar-refractivity contribution is -0.139. The van der Waals surface area contributed by atoms with Crippen LogP contribution in [0.15, 0.2) is 23.1 Å². The van der Waals surface area contributed by atoms with E-state index in [1.807, 2.05) is 20.8 Å². The number of benzene rings is 1. The number of aliphatic hydroxyl groups is 1. The van der Waals surface area contributed by atoms with Crippen molar-refractivity contribution in [2.24, 2.45) is 51.8 Å². The van der Waals surface area contributed by atoms with Crippen LogP contribution in [0.2, 0.25) is 0 Å². The van der Waals surface area contributed by atoms with Crippen LogP contribution in [0.5, 0.6) is 0 Å². The molecule has 3 N–H and O–H groups in total. The number of fused-ring (bicyclic) bond motifs is 5. The number of alkyl halides is 3. The molecule has 9 unspecified atom stereocenters. The van der Waals surface area contributed by atoms with E-state index in [1.54, 1.807) is 6.07 Å². The van der Waals surface area contributed by atoms with E-state index < -0.39 is 11.7 Å². The van der Waals surface area contributed by atoms with E-state index in [4.69, 9.17) is 5.11 Å².